The zero-order valence-electron chi connectivity index (χ0n) is 14.7. The first-order valence-corrected chi connectivity index (χ1v) is 9.37. The first-order chi connectivity index (χ1) is 13.6. The Labute approximate surface area is 163 Å². The van der Waals surface area contributed by atoms with E-state index in [0.717, 1.165) is 5.01 Å². The van der Waals surface area contributed by atoms with E-state index in [-0.39, 0.29) is 5.71 Å². The topological polar surface area (TPSA) is 175 Å². The number of phenols is 1. The van der Waals surface area contributed by atoms with Crippen LogP contribution < -0.4 is 5.01 Å². The fraction of sp³-hybridized carbons (Fsp3) is 0.125. The first kappa shape index (κ1) is 20.0. The minimum atomic E-state index is -4.82. The normalized spacial score (nSPS) is 17.0. The highest BCUT2D eigenvalue weighted by Crippen LogP contribution is 2.39. The summed E-state index contributed by atoms with van der Waals surface area (Å²) in [6.45, 7) is 1.52. The second-order valence-electron chi connectivity index (χ2n) is 5.89. The third kappa shape index (κ3) is 3.95. The molecule has 13 heteroatoms. The van der Waals surface area contributed by atoms with Gasteiger partial charge in [0.05, 0.1) is 16.3 Å². The van der Waals surface area contributed by atoms with Crippen LogP contribution in [0.4, 0.5) is 17.1 Å². The van der Waals surface area contributed by atoms with Crippen LogP contribution in [0.15, 0.2) is 62.7 Å². The number of nitro benzene ring substituents is 1. The molecule has 0 saturated heterocycles. The Morgan fingerprint density at radius 3 is 2.48 bits per heavy atom. The van der Waals surface area contributed by atoms with Crippen molar-refractivity contribution in [3.8, 4) is 5.75 Å². The molecule has 2 N–H and O–H groups in total. The maximum atomic E-state index is 12.6. The number of aromatic hydroxyl groups is 1. The number of carbonyl (C=O) groups is 1. The Balaban J connectivity index is 1.98. The van der Waals surface area contributed by atoms with Crippen LogP contribution in [0, 0.1) is 10.1 Å². The molecule has 1 atom stereocenters. The third-order valence-corrected chi connectivity index (χ3v) is 4.75. The third-order valence-electron chi connectivity index (χ3n) is 3.92. The van der Waals surface area contributed by atoms with E-state index in [0.29, 0.717) is 17.8 Å². The molecule has 1 amide bonds. The van der Waals surface area contributed by atoms with Crippen molar-refractivity contribution in [3.63, 3.8) is 0 Å². The van der Waals surface area contributed by atoms with Crippen LogP contribution in [-0.4, -0.2) is 40.7 Å². The number of benzene rings is 2. The SMILES string of the molecule is CC1=NN(c2ccccc2)C(=O)C1N=Nc1cc(S(=O)(=O)O)cc([N+](=O)[O-])c1O. The van der Waals surface area contributed by atoms with E-state index in [2.05, 4.69) is 15.3 Å². The predicted molar refractivity (Wildman–Crippen MR) is 99.9 cm³/mol. The van der Waals surface area contributed by atoms with Crippen LogP contribution in [0.5, 0.6) is 5.75 Å². The molecule has 2 aromatic rings. The van der Waals surface area contributed by atoms with Gasteiger partial charge in [0, 0.05) is 6.07 Å². The summed E-state index contributed by atoms with van der Waals surface area (Å²) in [6, 6.07) is 8.48. The second-order valence-corrected chi connectivity index (χ2v) is 7.31. The summed E-state index contributed by atoms with van der Waals surface area (Å²) < 4.78 is 31.8. The zero-order valence-corrected chi connectivity index (χ0v) is 15.5. The first-order valence-electron chi connectivity index (χ1n) is 7.93. The molecule has 0 radical (unpaired) electrons. The molecular weight excluding hydrogens is 406 g/mol. The number of para-hydroxylation sites is 1. The van der Waals surface area contributed by atoms with Crippen LogP contribution in [0.1, 0.15) is 6.92 Å². The monoisotopic (exact) mass is 419 g/mol. The molecule has 0 aliphatic carbocycles. The van der Waals surface area contributed by atoms with Gasteiger partial charge in [-0.1, -0.05) is 18.2 Å². The summed E-state index contributed by atoms with van der Waals surface area (Å²) in [4.78, 5) is 21.7. The molecule has 1 aliphatic rings. The van der Waals surface area contributed by atoms with Crippen LogP contribution in [-0.2, 0) is 14.9 Å². The molecule has 0 spiro atoms. The van der Waals surface area contributed by atoms with Crippen molar-refractivity contribution in [2.75, 3.05) is 5.01 Å². The molecule has 1 unspecified atom stereocenters. The summed E-state index contributed by atoms with van der Waals surface area (Å²) in [5.41, 5.74) is -0.849. The van der Waals surface area contributed by atoms with Crippen molar-refractivity contribution in [1.29, 1.82) is 0 Å². The highest BCUT2D eigenvalue weighted by molar-refractivity contribution is 7.85. The number of hydrazone groups is 1. The van der Waals surface area contributed by atoms with Crippen molar-refractivity contribution in [2.24, 2.45) is 15.3 Å². The molecular formula is C16H13N5O7S. The second kappa shape index (κ2) is 7.37. The molecule has 150 valence electrons. The lowest BCUT2D eigenvalue weighted by atomic mass is 10.2. The van der Waals surface area contributed by atoms with E-state index in [1.54, 1.807) is 30.3 Å². The van der Waals surface area contributed by atoms with E-state index in [9.17, 15) is 28.4 Å². The van der Waals surface area contributed by atoms with Crippen molar-refractivity contribution in [3.05, 3.63) is 52.6 Å². The summed E-state index contributed by atoms with van der Waals surface area (Å²) in [7, 11) is -4.82. The Kier molecular flexibility index (Phi) is 5.09. The quantitative estimate of drug-likeness (QED) is 0.323. The van der Waals surface area contributed by atoms with Gasteiger partial charge in [0.25, 0.3) is 16.0 Å². The Bertz CT molecular complexity index is 1160. The van der Waals surface area contributed by atoms with Crippen molar-refractivity contribution < 1.29 is 27.8 Å². The Morgan fingerprint density at radius 1 is 1.24 bits per heavy atom. The van der Waals surface area contributed by atoms with Gasteiger partial charge in [-0.05, 0) is 25.1 Å². The lowest BCUT2D eigenvalue weighted by Gasteiger charge is -2.11. The van der Waals surface area contributed by atoms with E-state index >= 15 is 0 Å². The number of azo groups is 1. The van der Waals surface area contributed by atoms with Gasteiger partial charge in [-0.2, -0.15) is 28.8 Å². The molecule has 0 saturated carbocycles. The number of hydrogen-bond donors (Lipinski definition) is 2. The van der Waals surface area contributed by atoms with Gasteiger partial charge in [-0.3, -0.25) is 19.5 Å². The molecule has 2 aromatic carbocycles. The number of amides is 1. The van der Waals surface area contributed by atoms with Crippen molar-refractivity contribution in [2.45, 2.75) is 17.9 Å². The van der Waals surface area contributed by atoms with Crippen LogP contribution >= 0.6 is 0 Å². The number of carbonyl (C=O) groups excluding carboxylic acids is 1. The standard InChI is InChI=1S/C16H13N5O7S/c1-9-14(16(23)20(19-9)10-5-3-2-4-6-10)18-17-12-7-11(29(26,27)28)8-13(15(12)22)21(24)25/h2-8,14,22H,1H3,(H,26,27,28). The maximum absolute atomic E-state index is 12.6. The maximum Gasteiger partial charge on any atom is 0.314 e. The molecule has 0 aromatic heterocycles. The number of nitrogens with zero attached hydrogens (tertiary/aromatic N) is 5. The van der Waals surface area contributed by atoms with E-state index in [4.69, 9.17) is 4.55 Å². The number of nitro groups is 1. The van der Waals surface area contributed by atoms with Gasteiger partial charge in [-0.25, -0.2) is 0 Å². The van der Waals surface area contributed by atoms with E-state index in [1.165, 1.54) is 6.92 Å². The van der Waals surface area contributed by atoms with Crippen LogP contribution in [0.2, 0.25) is 0 Å². The van der Waals surface area contributed by atoms with Crippen LogP contribution in [0.25, 0.3) is 0 Å². The molecule has 12 nitrogen and oxygen atoms in total. The number of phenolic OH excluding ortho intramolecular Hbond substituents is 1. The molecule has 3 rings (SSSR count). The summed E-state index contributed by atoms with van der Waals surface area (Å²) >= 11 is 0. The molecule has 29 heavy (non-hydrogen) atoms. The highest BCUT2D eigenvalue weighted by Gasteiger charge is 2.35. The minimum Gasteiger partial charge on any atom is -0.501 e. The molecule has 0 fully saturated rings. The number of anilines is 1. The Hall–Kier alpha value is -3.71. The predicted octanol–water partition coefficient (Wildman–Crippen LogP) is 2.42. The fourth-order valence-electron chi connectivity index (χ4n) is 2.51. The van der Waals surface area contributed by atoms with Gasteiger partial charge in [0.2, 0.25) is 5.75 Å². The van der Waals surface area contributed by atoms with Gasteiger partial charge < -0.3 is 5.11 Å². The summed E-state index contributed by atoms with van der Waals surface area (Å²) in [5, 5.41) is 33.6. The molecule has 1 heterocycles. The van der Waals surface area contributed by atoms with E-state index < -0.39 is 49.0 Å². The highest BCUT2D eigenvalue weighted by atomic mass is 32.2. The lowest BCUT2D eigenvalue weighted by Crippen LogP contribution is -2.29. The molecule has 0 bridgehead atoms. The van der Waals surface area contributed by atoms with Crippen LogP contribution in [0.3, 0.4) is 0 Å². The van der Waals surface area contributed by atoms with Gasteiger partial charge >= 0.3 is 5.69 Å². The van der Waals surface area contributed by atoms with Gasteiger partial charge in [-0.15, -0.1) is 0 Å². The lowest BCUT2D eigenvalue weighted by molar-refractivity contribution is -0.386. The molecule has 1 aliphatic heterocycles. The van der Waals surface area contributed by atoms with E-state index in [1.807, 2.05) is 0 Å². The Morgan fingerprint density at radius 2 is 1.90 bits per heavy atom. The number of rotatable bonds is 5. The average Bonchev–Trinajstić information content (AvgIpc) is 2.94. The largest absolute Gasteiger partial charge is 0.501 e. The summed E-state index contributed by atoms with van der Waals surface area (Å²) in [6.07, 6.45) is 0. The van der Waals surface area contributed by atoms with Crippen molar-refractivity contribution >= 4 is 38.8 Å². The fourth-order valence-corrected chi connectivity index (χ4v) is 3.03. The zero-order chi connectivity index (χ0) is 21.3. The number of hydrogen-bond acceptors (Lipinski definition) is 9. The minimum absolute atomic E-state index is 0.266. The van der Waals surface area contributed by atoms with Crippen molar-refractivity contribution in [1.82, 2.24) is 0 Å². The average molecular weight is 419 g/mol. The summed E-state index contributed by atoms with van der Waals surface area (Å²) in [5.74, 6) is -1.52. The van der Waals surface area contributed by atoms with Gasteiger partial charge in [0.1, 0.15) is 10.6 Å². The van der Waals surface area contributed by atoms with Gasteiger partial charge in [0.15, 0.2) is 6.04 Å². The smallest absolute Gasteiger partial charge is 0.314 e.